The first kappa shape index (κ1) is 26.4. The van der Waals surface area contributed by atoms with E-state index in [0.717, 1.165) is 5.56 Å². The van der Waals surface area contributed by atoms with Gasteiger partial charge in [-0.1, -0.05) is 53.5 Å². The van der Waals surface area contributed by atoms with Crippen LogP contribution in [0.15, 0.2) is 48.5 Å². The lowest BCUT2D eigenvalue weighted by atomic mass is 10.2. The fraction of sp³-hybridized carbons (Fsp3) is 0.273. The molecule has 2 aromatic rings. The Morgan fingerprint density at radius 2 is 1.61 bits per heavy atom. The van der Waals surface area contributed by atoms with Gasteiger partial charge in [-0.05, 0) is 42.4 Å². The predicted octanol–water partition coefficient (Wildman–Crippen LogP) is 3.27. The smallest absolute Gasteiger partial charge is 0.238 e. The Morgan fingerprint density at radius 1 is 0.879 bits per heavy atom. The lowest BCUT2D eigenvalue weighted by Gasteiger charge is -2.11. The van der Waals surface area contributed by atoms with Gasteiger partial charge in [0.05, 0.1) is 11.6 Å². The van der Waals surface area contributed by atoms with Crippen molar-refractivity contribution in [3.8, 4) is 5.75 Å². The molecule has 33 heavy (non-hydrogen) atoms. The molecule has 4 N–H and O–H groups in total. The van der Waals surface area contributed by atoms with Crippen LogP contribution in [0.2, 0.25) is 10.0 Å². The highest BCUT2D eigenvalue weighted by Crippen LogP contribution is 2.27. The van der Waals surface area contributed by atoms with Gasteiger partial charge in [0, 0.05) is 30.8 Å². The Balaban J connectivity index is 1.53. The summed E-state index contributed by atoms with van der Waals surface area (Å²) in [5, 5.41) is 6.03. The van der Waals surface area contributed by atoms with E-state index in [1.165, 1.54) is 0 Å². The molecule has 0 atom stereocenters. The standard InChI is InChI=1S/C22H24Cl2N4O4S/c23-16-8-9-18(17(24)13-16)32-12-4-7-20(30)26-22(33)28-27-21(31)11-10-19(29)25-14-15-5-2-1-3-6-15/h1-3,5-6,8-9,13H,4,7,10-12,14H2,(H,25,29)(H,27,31)(H2,26,28,30,33). The number of thiocarbonyl (C=S) groups is 1. The van der Waals surface area contributed by atoms with Gasteiger partial charge in [0.1, 0.15) is 5.75 Å². The first-order valence-electron chi connectivity index (χ1n) is 10.1. The van der Waals surface area contributed by atoms with Gasteiger partial charge in [0.2, 0.25) is 17.7 Å². The number of carbonyl (C=O) groups excluding carboxylic acids is 3. The predicted molar refractivity (Wildman–Crippen MR) is 131 cm³/mol. The number of carbonyl (C=O) groups is 3. The van der Waals surface area contributed by atoms with Crippen LogP contribution in [0.3, 0.4) is 0 Å². The first-order valence-corrected chi connectivity index (χ1v) is 11.3. The number of hydrazine groups is 1. The van der Waals surface area contributed by atoms with Gasteiger partial charge >= 0.3 is 0 Å². The maximum atomic E-state index is 11.9. The molecule has 0 radical (unpaired) electrons. The van der Waals surface area contributed by atoms with Crippen LogP contribution in [0.5, 0.6) is 5.75 Å². The highest BCUT2D eigenvalue weighted by Gasteiger charge is 2.09. The topological polar surface area (TPSA) is 109 Å². The minimum absolute atomic E-state index is 0.0249. The van der Waals surface area contributed by atoms with Gasteiger partial charge in [0.25, 0.3) is 0 Å². The van der Waals surface area contributed by atoms with E-state index in [1.807, 2.05) is 30.3 Å². The van der Waals surface area contributed by atoms with Crippen LogP contribution in [0.4, 0.5) is 0 Å². The molecule has 0 saturated carbocycles. The van der Waals surface area contributed by atoms with Crippen LogP contribution in [-0.2, 0) is 20.9 Å². The maximum absolute atomic E-state index is 11.9. The Kier molecular flexibility index (Phi) is 11.4. The summed E-state index contributed by atoms with van der Waals surface area (Å²) in [5.41, 5.74) is 5.74. The summed E-state index contributed by atoms with van der Waals surface area (Å²) in [5.74, 6) is -0.537. The lowest BCUT2D eigenvalue weighted by molar-refractivity contribution is -0.126. The minimum atomic E-state index is -0.435. The van der Waals surface area contributed by atoms with Crippen molar-refractivity contribution in [3.63, 3.8) is 0 Å². The molecule has 0 heterocycles. The average molecular weight is 511 g/mol. The number of benzene rings is 2. The molecule has 0 aliphatic rings. The van der Waals surface area contributed by atoms with Gasteiger partial charge in [-0.25, -0.2) is 0 Å². The largest absolute Gasteiger partial charge is 0.492 e. The zero-order valence-electron chi connectivity index (χ0n) is 17.7. The van der Waals surface area contributed by atoms with E-state index in [-0.39, 0.29) is 42.8 Å². The molecule has 2 aromatic carbocycles. The van der Waals surface area contributed by atoms with Crippen LogP contribution in [-0.4, -0.2) is 29.4 Å². The number of amides is 3. The number of hydrogen-bond donors (Lipinski definition) is 4. The molecule has 2 rings (SSSR count). The number of halogens is 2. The molecule has 0 saturated heterocycles. The SMILES string of the molecule is O=C(CCC(=O)NNC(=S)NC(=O)CCCOc1ccc(Cl)cc1Cl)NCc1ccccc1. The highest BCUT2D eigenvalue weighted by molar-refractivity contribution is 7.80. The van der Waals surface area contributed by atoms with Gasteiger partial charge < -0.3 is 15.4 Å². The fourth-order valence-corrected chi connectivity index (χ4v) is 3.16. The summed E-state index contributed by atoms with van der Waals surface area (Å²) in [6.07, 6.45) is 0.576. The van der Waals surface area contributed by atoms with E-state index in [0.29, 0.717) is 28.8 Å². The third kappa shape index (κ3) is 11.0. The Labute approximate surface area is 207 Å². The maximum Gasteiger partial charge on any atom is 0.238 e. The van der Waals surface area contributed by atoms with Crippen LogP contribution in [0.25, 0.3) is 0 Å². The summed E-state index contributed by atoms with van der Waals surface area (Å²) in [6, 6.07) is 14.3. The molecule has 0 aliphatic carbocycles. The van der Waals surface area contributed by atoms with Crippen molar-refractivity contribution in [1.82, 2.24) is 21.5 Å². The molecule has 0 aromatic heterocycles. The average Bonchev–Trinajstić information content (AvgIpc) is 2.79. The number of nitrogens with one attached hydrogen (secondary N) is 4. The van der Waals surface area contributed by atoms with Crippen molar-refractivity contribution in [3.05, 3.63) is 64.1 Å². The van der Waals surface area contributed by atoms with Crippen LogP contribution in [0, 0.1) is 0 Å². The molecule has 11 heteroatoms. The van der Waals surface area contributed by atoms with Gasteiger partial charge in [-0.15, -0.1) is 0 Å². The van der Waals surface area contributed by atoms with Gasteiger partial charge in [0.15, 0.2) is 5.11 Å². The van der Waals surface area contributed by atoms with E-state index in [1.54, 1.807) is 18.2 Å². The highest BCUT2D eigenvalue weighted by atomic mass is 35.5. The molecule has 3 amide bonds. The zero-order chi connectivity index (χ0) is 24.1. The van der Waals surface area contributed by atoms with Crippen molar-refractivity contribution in [2.45, 2.75) is 32.2 Å². The summed E-state index contributed by atoms with van der Waals surface area (Å²) in [4.78, 5) is 35.6. The van der Waals surface area contributed by atoms with Crippen molar-refractivity contribution >= 4 is 58.3 Å². The number of ether oxygens (including phenoxy) is 1. The van der Waals surface area contributed by atoms with E-state index in [2.05, 4.69) is 21.5 Å². The molecular weight excluding hydrogens is 487 g/mol. The van der Waals surface area contributed by atoms with Crippen LogP contribution >= 0.6 is 35.4 Å². The Hall–Kier alpha value is -2.88. The first-order chi connectivity index (χ1) is 15.8. The molecule has 8 nitrogen and oxygen atoms in total. The van der Waals surface area contributed by atoms with Crippen molar-refractivity contribution in [1.29, 1.82) is 0 Å². The Morgan fingerprint density at radius 3 is 2.33 bits per heavy atom. The van der Waals surface area contributed by atoms with Crippen molar-refractivity contribution in [2.75, 3.05) is 6.61 Å². The third-order valence-electron chi connectivity index (χ3n) is 4.18. The molecule has 0 aliphatic heterocycles. The van der Waals surface area contributed by atoms with Crippen molar-refractivity contribution in [2.24, 2.45) is 0 Å². The molecule has 0 bridgehead atoms. The van der Waals surface area contributed by atoms with Crippen LogP contribution in [0.1, 0.15) is 31.2 Å². The molecular formula is C22H24Cl2N4O4S. The van der Waals surface area contributed by atoms with Crippen LogP contribution < -0.4 is 26.2 Å². The second-order valence-electron chi connectivity index (χ2n) is 6.84. The monoisotopic (exact) mass is 510 g/mol. The second kappa shape index (κ2) is 14.3. The summed E-state index contributed by atoms with van der Waals surface area (Å²) >= 11 is 16.8. The zero-order valence-corrected chi connectivity index (χ0v) is 20.0. The van der Waals surface area contributed by atoms with Gasteiger partial charge in [-0.3, -0.25) is 25.2 Å². The van der Waals surface area contributed by atoms with Gasteiger partial charge in [-0.2, -0.15) is 0 Å². The number of rotatable bonds is 10. The lowest BCUT2D eigenvalue weighted by Crippen LogP contribution is -2.48. The molecule has 0 unspecified atom stereocenters. The second-order valence-corrected chi connectivity index (χ2v) is 8.09. The summed E-state index contributed by atoms with van der Waals surface area (Å²) in [7, 11) is 0. The fourth-order valence-electron chi connectivity index (χ4n) is 2.53. The molecule has 0 fully saturated rings. The van der Waals surface area contributed by atoms with E-state index in [4.69, 9.17) is 40.2 Å². The minimum Gasteiger partial charge on any atom is -0.492 e. The summed E-state index contributed by atoms with van der Waals surface area (Å²) in [6.45, 7) is 0.672. The quantitative estimate of drug-likeness (QED) is 0.222. The number of hydrogen-bond acceptors (Lipinski definition) is 5. The molecule has 176 valence electrons. The van der Waals surface area contributed by atoms with E-state index in [9.17, 15) is 14.4 Å². The van der Waals surface area contributed by atoms with Crippen molar-refractivity contribution < 1.29 is 19.1 Å². The van der Waals surface area contributed by atoms with E-state index >= 15 is 0 Å². The Bertz CT molecular complexity index is 976. The third-order valence-corrected chi connectivity index (χ3v) is 4.91. The molecule has 0 spiro atoms. The normalized spacial score (nSPS) is 10.1. The summed E-state index contributed by atoms with van der Waals surface area (Å²) < 4.78 is 5.51. The van der Waals surface area contributed by atoms with E-state index < -0.39 is 5.91 Å².